The Balaban J connectivity index is 1.80. The molecule has 2 amide bonds. The summed E-state index contributed by atoms with van der Waals surface area (Å²) in [6, 6.07) is -0.663. The monoisotopic (exact) mass is 372 g/mol. The first-order chi connectivity index (χ1) is 10.6. The summed E-state index contributed by atoms with van der Waals surface area (Å²) >= 11 is 1.70. The molecule has 3 aliphatic rings. The van der Waals surface area contributed by atoms with Gasteiger partial charge in [0.05, 0.1) is 12.3 Å². The van der Waals surface area contributed by atoms with Crippen LogP contribution in [0.4, 0.5) is 18.0 Å². The molecule has 0 aliphatic carbocycles. The van der Waals surface area contributed by atoms with Gasteiger partial charge >= 0.3 is 12.2 Å². The molecule has 5 nitrogen and oxygen atoms in total. The molecule has 1 N–H and O–H groups in total. The summed E-state index contributed by atoms with van der Waals surface area (Å²) in [5.41, 5.74) is 0. The Bertz CT molecular complexity index is 610. The van der Waals surface area contributed by atoms with Crippen LogP contribution in [-0.4, -0.2) is 66.2 Å². The molecule has 23 heavy (non-hydrogen) atoms. The topological polar surface area (TPSA) is 66.5 Å². The first kappa shape index (κ1) is 17.2. The maximum absolute atomic E-state index is 13.6. The van der Waals surface area contributed by atoms with Crippen LogP contribution in [0.2, 0.25) is 0 Å². The molecule has 0 saturated carbocycles. The largest absolute Gasteiger partial charge is 0.410 e. The maximum atomic E-state index is 13.6. The average molecular weight is 372 g/mol. The van der Waals surface area contributed by atoms with Crippen LogP contribution >= 0.6 is 11.8 Å². The molecular formula is C13H19F3N2O3S2. The number of hydrogen-bond acceptors (Lipinski definition) is 4. The summed E-state index contributed by atoms with van der Waals surface area (Å²) in [5.74, 6) is -0.618. The molecule has 132 valence electrons. The van der Waals surface area contributed by atoms with E-state index >= 15 is 0 Å². The van der Waals surface area contributed by atoms with Gasteiger partial charge in [0.25, 0.3) is 0 Å². The van der Waals surface area contributed by atoms with E-state index in [9.17, 15) is 26.4 Å². The van der Waals surface area contributed by atoms with Crippen molar-refractivity contribution in [2.75, 3.05) is 24.6 Å². The molecule has 3 rings (SSSR count). The normalized spacial score (nSPS) is 39.5. The van der Waals surface area contributed by atoms with Crippen LogP contribution in [0.25, 0.3) is 0 Å². The number of nitrogens with zero attached hydrogens (tertiary/aromatic N) is 1. The van der Waals surface area contributed by atoms with Crippen molar-refractivity contribution in [3.05, 3.63) is 0 Å². The van der Waals surface area contributed by atoms with Gasteiger partial charge in [-0.1, -0.05) is 6.92 Å². The summed E-state index contributed by atoms with van der Waals surface area (Å²) < 4.78 is 62.1. The van der Waals surface area contributed by atoms with E-state index in [0.29, 0.717) is 0 Å². The number of sulfone groups is 1. The fourth-order valence-electron chi connectivity index (χ4n) is 3.87. The van der Waals surface area contributed by atoms with Crippen LogP contribution in [0.15, 0.2) is 0 Å². The third-order valence-electron chi connectivity index (χ3n) is 5.27. The zero-order valence-corrected chi connectivity index (χ0v) is 14.2. The second kappa shape index (κ2) is 5.44. The SMILES string of the molecule is CC1SCCC1NC(=O)N1C[C@@H]2CCS(=O)(=O)[C@]2(C(F)(F)F)C1. The molecule has 0 aromatic heterocycles. The number of urea groups is 1. The molecule has 3 saturated heterocycles. The minimum absolute atomic E-state index is 0.0404. The van der Waals surface area contributed by atoms with Gasteiger partial charge in [-0.15, -0.1) is 0 Å². The van der Waals surface area contributed by atoms with Gasteiger partial charge in [-0.25, -0.2) is 13.2 Å². The van der Waals surface area contributed by atoms with Crippen LogP contribution in [0.5, 0.6) is 0 Å². The second-order valence-corrected chi connectivity index (χ2v) is 10.3. The molecule has 3 heterocycles. The lowest BCUT2D eigenvalue weighted by atomic mass is 9.93. The summed E-state index contributed by atoms with van der Waals surface area (Å²) in [7, 11) is -4.30. The van der Waals surface area contributed by atoms with Gasteiger partial charge in [-0.3, -0.25) is 0 Å². The van der Waals surface area contributed by atoms with Gasteiger partial charge in [-0.05, 0) is 18.6 Å². The summed E-state index contributed by atoms with van der Waals surface area (Å²) in [6.07, 6.45) is -4.13. The van der Waals surface area contributed by atoms with E-state index in [2.05, 4.69) is 5.32 Å². The van der Waals surface area contributed by atoms with Crippen molar-refractivity contribution < 1.29 is 26.4 Å². The lowest BCUT2D eigenvalue weighted by Crippen LogP contribution is -2.55. The lowest BCUT2D eigenvalue weighted by Gasteiger charge is -2.30. The first-order valence-corrected chi connectivity index (χ1v) is 10.2. The van der Waals surface area contributed by atoms with Gasteiger partial charge in [0.1, 0.15) is 0 Å². The second-order valence-electron chi connectivity index (χ2n) is 6.49. The molecular weight excluding hydrogens is 353 g/mol. The highest BCUT2D eigenvalue weighted by Crippen LogP contribution is 2.52. The van der Waals surface area contributed by atoms with Gasteiger partial charge in [0.15, 0.2) is 14.6 Å². The van der Waals surface area contributed by atoms with Crippen LogP contribution in [0.3, 0.4) is 0 Å². The number of carbonyl (C=O) groups excluding carboxylic acids is 1. The first-order valence-electron chi connectivity index (χ1n) is 7.54. The van der Waals surface area contributed by atoms with Crippen LogP contribution < -0.4 is 5.32 Å². The number of carbonyl (C=O) groups is 1. The summed E-state index contributed by atoms with van der Waals surface area (Å²) in [4.78, 5) is 13.3. The Kier molecular flexibility index (Phi) is 4.06. The zero-order valence-electron chi connectivity index (χ0n) is 12.6. The number of likely N-dealkylation sites (tertiary alicyclic amines) is 1. The smallest absolute Gasteiger partial charge is 0.334 e. The molecule has 0 bridgehead atoms. The van der Waals surface area contributed by atoms with Gasteiger partial charge in [0, 0.05) is 23.8 Å². The van der Waals surface area contributed by atoms with Crippen molar-refractivity contribution in [3.8, 4) is 0 Å². The van der Waals surface area contributed by atoms with Crippen LogP contribution in [0, 0.1) is 5.92 Å². The van der Waals surface area contributed by atoms with E-state index in [-0.39, 0.29) is 24.3 Å². The van der Waals surface area contributed by atoms with Gasteiger partial charge in [-0.2, -0.15) is 24.9 Å². The van der Waals surface area contributed by atoms with Crippen LogP contribution in [-0.2, 0) is 9.84 Å². The molecule has 2 unspecified atom stereocenters. The lowest BCUT2D eigenvalue weighted by molar-refractivity contribution is -0.164. The van der Waals surface area contributed by atoms with Crippen molar-refractivity contribution in [3.63, 3.8) is 0 Å². The molecule has 0 spiro atoms. The Morgan fingerprint density at radius 1 is 1.35 bits per heavy atom. The number of thioether (sulfide) groups is 1. The number of rotatable bonds is 1. The Morgan fingerprint density at radius 2 is 2.04 bits per heavy atom. The molecule has 0 aromatic carbocycles. The number of amides is 2. The van der Waals surface area contributed by atoms with Crippen molar-refractivity contribution >= 4 is 27.6 Å². The highest BCUT2D eigenvalue weighted by molar-refractivity contribution is 8.00. The molecule has 10 heteroatoms. The highest BCUT2D eigenvalue weighted by atomic mass is 32.2. The maximum Gasteiger partial charge on any atom is 0.410 e. The Hall–Kier alpha value is -0.640. The third kappa shape index (κ3) is 2.52. The minimum atomic E-state index is -4.86. The summed E-state index contributed by atoms with van der Waals surface area (Å²) in [6.45, 7) is 1.02. The van der Waals surface area contributed by atoms with E-state index in [1.807, 2.05) is 6.92 Å². The predicted molar refractivity (Wildman–Crippen MR) is 81.1 cm³/mol. The van der Waals surface area contributed by atoms with Gasteiger partial charge < -0.3 is 10.2 Å². The quantitative estimate of drug-likeness (QED) is 0.760. The van der Waals surface area contributed by atoms with Crippen molar-refractivity contribution in [1.29, 1.82) is 0 Å². The molecule has 0 aromatic rings. The fraction of sp³-hybridized carbons (Fsp3) is 0.923. The number of fused-ring (bicyclic) bond motifs is 1. The van der Waals surface area contributed by atoms with Crippen molar-refractivity contribution in [2.24, 2.45) is 5.92 Å². The Morgan fingerprint density at radius 3 is 2.57 bits per heavy atom. The minimum Gasteiger partial charge on any atom is -0.334 e. The number of nitrogens with one attached hydrogen (secondary N) is 1. The van der Waals surface area contributed by atoms with E-state index in [1.54, 1.807) is 11.8 Å². The summed E-state index contributed by atoms with van der Waals surface area (Å²) in [5, 5.41) is 2.97. The van der Waals surface area contributed by atoms with E-state index in [1.165, 1.54) is 0 Å². The van der Waals surface area contributed by atoms with Gasteiger partial charge in [0.2, 0.25) is 0 Å². The van der Waals surface area contributed by atoms with E-state index < -0.39 is 45.0 Å². The predicted octanol–water partition coefficient (Wildman–Crippen LogP) is 1.64. The number of hydrogen-bond donors (Lipinski definition) is 1. The Labute approximate surface area is 137 Å². The average Bonchev–Trinajstić information content (AvgIpc) is 3.06. The van der Waals surface area contributed by atoms with E-state index in [0.717, 1.165) is 17.1 Å². The standard InChI is InChI=1S/C13H19F3N2O3S2/c1-8-10(2-4-22-8)17-11(19)18-6-9-3-5-23(20,21)12(9,7-18)13(14,15)16/h8-10H,2-7H2,1H3,(H,17,19)/t8?,9-,10?,12+/m0/s1. The van der Waals surface area contributed by atoms with Crippen molar-refractivity contribution in [1.82, 2.24) is 10.2 Å². The van der Waals surface area contributed by atoms with Crippen LogP contribution in [0.1, 0.15) is 19.8 Å². The van der Waals surface area contributed by atoms with Crippen molar-refractivity contribution in [2.45, 2.75) is 42.0 Å². The molecule has 0 radical (unpaired) electrons. The zero-order chi connectivity index (χ0) is 17.0. The van der Waals surface area contributed by atoms with E-state index in [4.69, 9.17) is 0 Å². The third-order valence-corrected chi connectivity index (χ3v) is 9.17. The molecule has 3 aliphatic heterocycles. The highest BCUT2D eigenvalue weighted by Gasteiger charge is 2.73. The molecule has 3 fully saturated rings. The fourth-order valence-corrected chi connectivity index (χ4v) is 7.43. The number of halogens is 3. The molecule has 4 atom stereocenters. The number of alkyl halides is 3.